The minimum Gasteiger partial charge on any atom is -0.456 e. The van der Waals surface area contributed by atoms with Gasteiger partial charge >= 0.3 is 12.1 Å². The smallest absolute Gasteiger partial charge is 0.416 e. The lowest BCUT2D eigenvalue weighted by molar-refractivity contribution is -0.138. The van der Waals surface area contributed by atoms with Gasteiger partial charge in [-0.1, -0.05) is 36.4 Å². The van der Waals surface area contributed by atoms with Gasteiger partial charge < -0.3 is 15.4 Å². The molecular weight excluding hydrogens is 528 g/mol. The maximum Gasteiger partial charge on any atom is 0.416 e. The number of hydrogen-bond donors (Lipinski definition) is 1. The number of nitrogens with zero attached hydrogens (tertiary/aromatic N) is 3. The second kappa shape index (κ2) is 8.71. The molecule has 0 aliphatic carbocycles. The topological polar surface area (TPSA) is 99.7 Å². The summed E-state index contributed by atoms with van der Waals surface area (Å²) in [4.78, 5) is 30.3. The molecule has 0 bridgehead atoms. The molecule has 1 amide bonds. The highest BCUT2D eigenvalue weighted by Crippen LogP contribution is 2.56. The van der Waals surface area contributed by atoms with Crippen LogP contribution in [0.4, 0.5) is 28.9 Å². The number of anilines is 2. The average molecular weight is 546 g/mol. The van der Waals surface area contributed by atoms with Crippen LogP contribution in [0.1, 0.15) is 16.7 Å². The number of esters is 1. The van der Waals surface area contributed by atoms with E-state index in [1.807, 2.05) is 6.07 Å². The normalized spacial score (nSPS) is 20.2. The van der Waals surface area contributed by atoms with E-state index in [0.717, 1.165) is 17.0 Å². The molecule has 3 aromatic rings. The number of nitriles is 1. The molecule has 3 aliphatic heterocycles. The molecule has 0 saturated heterocycles. The van der Waals surface area contributed by atoms with Gasteiger partial charge in [-0.05, 0) is 42.0 Å². The summed E-state index contributed by atoms with van der Waals surface area (Å²) in [7, 11) is 0. The third-order valence-electron chi connectivity index (χ3n) is 7.31. The molecule has 200 valence electrons. The first-order valence-corrected chi connectivity index (χ1v) is 12.0. The number of cyclic esters (lactones) is 1. The fourth-order valence-corrected chi connectivity index (χ4v) is 5.64. The van der Waals surface area contributed by atoms with Crippen molar-refractivity contribution in [2.75, 3.05) is 16.4 Å². The number of para-hydroxylation sites is 1. The second-order valence-electron chi connectivity index (χ2n) is 9.44. The van der Waals surface area contributed by atoms with Crippen LogP contribution in [0.3, 0.4) is 0 Å². The molecule has 6 rings (SSSR count). The number of carbonyl (C=O) groups excluding carboxylic acids is 2. The Bertz CT molecular complexity index is 1710. The van der Waals surface area contributed by atoms with E-state index in [1.165, 1.54) is 41.3 Å². The van der Waals surface area contributed by atoms with Crippen molar-refractivity contribution in [2.24, 2.45) is 5.73 Å². The van der Waals surface area contributed by atoms with Crippen LogP contribution < -0.4 is 15.5 Å². The molecule has 40 heavy (non-hydrogen) atoms. The van der Waals surface area contributed by atoms with Crippen molar-refractivity contribution >= 4 is 23.3 Å². The Morgan fingerprint density at radius 1 is 1.02 bits per heavy atom. The predicted octanol–water partition coefficient (Wildman–Crippen LogP) is 4.65. The minimum absolute atomic E-state index is 0.00844. The molecule has 3 heterocycles. The lowest BCUT2D eigenvalue weighted by atomic mass is 9.67. The van der Waals surface area contributed by atoms with E-state index in [1.54, 1.807) is 24.3 Å². The SMILES string of the molecule is N#CC1=C(N)N(c2cccc(C(F)(F)F)c2)C2=C(C(=O)OC2)[C@@]12C(=O)N(Cc1ccc(F)cc1)c1ccccc12. The number of amides is 1. The molecule has 1 atom stereocenters. The van der Waals surface area contributed by atoms with E-state index in [9.17, 15) is 32.4 Å². The van der Waals surface area contributed by atoms with Crippen LogP contribution in [0, 0.1) is 17.1 Å². The number of nitrogens with two attached hydrogens (primary N) is 1. The highest BCUT2D eigenvalue weighted by Gasteiger charge is 2.64. The first-order valence-electron chi connectivity index (χ1n) is 12.0. The van der Waals surface area contributed by atoms with Crippen molar-refractivity contribution in [3.8, 4) is 6.07 Å². The van der Waals surface area contributed by atoms with Crippen molar-refractivity contribution in [3.63, 3.8) is 0 Å². The molecule has 0 fully saturated rings. The van der Waals surface area contributed by atoms with Crippen molar-refractivity contribution < 1.29 is 31.9 Å². The van der Waals surface area contributed by atoms with E-state index in [2.05, 4.69) is 0 Å². The highest BCUT2D eigenvalue weighted by molar-refractivity contribution is 6.19. The monoisotopic (exact) mass is 546 g/mol. The lowest BCUT2D eigenvalue weighted by Gasteiger charge is -2.38. The van der Waals surface area contributed by atoms with Crippen LogP contribution in [0.25, 0.3) is 0 Å². The third kappa shape index (κ3) is 3.42. The molecule has 0 radical (unpaired) electrons. The Morgan fingerprint density at radius 2 is 1.75 bits per heavy atom. The van der Waals surface area contributed by atoms with Crippen molar-refractivity contribution in [3.05, 3.63) is 118 Å². The number of fused-ring (bicyclic) bond motifs is 3. The van der Waals surface area contributed by atoms with Crippen LogP contribution in [-0.2, 0) is 32.5 Å². The lowest BCUT2D eigenvalue weighted by Crippen LogP contribution is -2.50. The third-order valence-corrected chi connectivity index (χ3v) is 7.31. The Labute approximate surface area is 225 Å². The quantitative estimate of drug-likeness (QED) is 0.379. The average Bonchev–Trinajstić information content (AvgIpc) is 3.42. The number of benzene rings is 3. The molecule has 3 aromatic carbocycles. The Balaban J connectivity index is 1.59. The van der Waals surface area contributed by atoms with Gasteiger partial charge in [-0.15, -0.1) is 0 Å². The number of halogens is 4. The van der Waals surface area contributed by atoms with Gasteiger partial charge in [0.2, 0.25) is 5.91 Å². The van der Waals surface area contributed by atoms with E-state index in [4.69, 9.17) is 10.5 Å². The number of carbonyl (C=O) groups is 2. The largest absolute Gasteiger partial charge is 0.456 e. The zero-order chi connectivity index (χ0) is 28.4. The second-order valence-corrected chi connectivity index (χ2v) is 9.44. The van der Waals surface area contributed by atoms with Crippen molar-refractivity contribution in [2.45, 2.75) is 18.1 Å². The van der Waals surface area contributed by atoms with Crippen LogP contribution in [0.2, 0.25) is 0 Å². The summed E-state index contributed by atoms with van der Waals surface area (Å²) >= 11 is 0. The Hall–Kier alpha value is -5.11. The minimum atomic E-state index is -4.66. The Morgan fingerprint density at radius 3 is 2.45 bits per heavy atom. The number of rotatable bonds is 3. The van der Waals surface area contributed by atoms with Gasteiger partial charge in [0, 0.05) is 16.9 Å². The summed E-state index contributed by atoms with van der Waals surface area (Å²) in [5.74, 6) is -2.31. The molecule has 2 N–H and O–H groups in total. The Kier molecular flexibility index (Phi) is 5.48. The molecule has 11 heteroatoms. The van der Waals surface area contributed by atoms with Crippen LogP contribution in [-0.4, -0.2) is 18.5 Å². The molecule has 0 unspecified atom stereocenters. The molecule has 1 spiro atoms. The van der Waals surface area contributed by atoms with Gasteiger partial charge in [0.05, 0.1) is 29.0 Å². The molecule has 3 aliphatic rings. The van der Waals surface area contributed by atoms with Gasteiger partial charge in [-0.2, -0.15) is 18.4 Å². The van der Waals surface area contributed by atoms with E-state index < -0.39 is 34.8 Å². The van der Waals surface area contributed by atoms with Crippen LogP contribution in [0.5, 0.6) is 0 Å². The number of hydrogen-bond acceptors (Lipinski definition) is 6. The molecule has 0 saturated carbocycles. The summed E-state index contributed by atoms with van der Waals surface area (Å²) in [6.07, 6.45) is -4.66. The fraction of sp³-hybridized carbons (Fsp3) is 0.138. The van der Waals surface area contributed by atoms with E-state index in [0.29, 0.717) is 16.8 Å². The highest BCUT2D eigenvalue weighted by atomic mass is 19.4. The van der Waals surface area contributed by atoms with Gasteiger partial charge in [0.25, 0.3) is 0 Å². The first kappa shape index (κ1) is 25.2. The maximum atomic E-state index is 14.4. The zero-order valence-corrected chi connectivity index (χ0v) is 20.5. The first-order chi connectivity index (χ1) is 19.1. The van der Waals surface area contributed by atoms with E-state index in [-0.39, 0.29) is 41.5 Å². The summed E-state index contributed by atoms with van der Waals surface area (Å²) in [5.41, 5.74) is 4.35. The molecule has 0 aromatic heterocycles. The molecule has 7 nitrogen and oxygen atoms in total. The van der Waals surface area contributed by atoms with Crippen molar-refractivity contribution in [1.82, 2.24) is 0 Å². The standard InChI is InChI=1S/C29H18F4N4O3/c30-18-10-8-16(9-11-18)14-36-22-7-2-1-6-20(22)28(27(36)39)21(13-34)25(35)37(23-15-40-26(38)24(23)28)19-5-3-4-17(12-19)29(31,32)33/h1-12H,14-15,35H2/t28-/m0/s1. The summed E-state index contributed by atoms with van der Waals surface area (Å²) in [5, 5.41) is 10.4. The van der Waals surface area contributed by atoms with Gasteiger partial charge in [0.15, 0.2) is 0 Å². The zero-order valence-electron chi connectivity index (χ0n) is 20.5. The van der Waals surface area contributed by atoms with E-state index >= 15 is 0 Å². The summed E-state index contributed by atoms with van der Waals surface area (Å²) in [6, 6.07) is 18.3. The summed E-state index contributed by atoms with van der Waals surface area (Å²) < 4.78 is 59.5. The maximum absolute atomic E-state index is 14.4. The van der Waals surface area contributed by atoms with Gasteiger partial charge in [-0.3, -0.25) is 9.69 Å². The van der Waals surface area contributed by atoms with Gasteiger partial charge in [0.1, 0.15) is 29.7 Å². The van der Waals surface area contributed by atoms with Crippen LogP contribution >= 0.6 is 0 Å². The fourth-order valence-electron chi connectivity index (χ4n) is 5.64. The molecular formula is C29H18F4N4O3. The predicted molar refractivity (Wildman–Crippen MR) is 134 cm³/mol. The number of alkyl halides is 3. The van der Waals surface area contributed by atoms with Gasteiger partial charge in [-0.25, -0.2) is 9.18 Å². The number of ether oxygens (including phenoxy) is 1. The van der Waals surface area contributed by atoms with Crippen molar-refractivity contribution in [1.29, 1.82) is 5.26 Å². The van der Waals surface area contributed by atoms with Crippen LogP contribution in [0.15, 0.2) is 95.5 Å². The summed E-state index contributed by atoms with van der Waals surface area (Å²) in [6.45, 7) is -0.384.